The summed E-state index contributed by atoms with van der Waals surface area (Å²) in [5.74, 6) is -5.16. The maximum Gasteiger partial charge on any atom is 0.239 e. The quantitative estimate of drug-likeness (QED) is 0.132. The van der Waals surface area contributed by atoms with Crippen LogP contribution in [-0.4, -0.2) is 124 Å². The molecule has 17 heteroatoms. The Morgan fingerprint density at radius 1 is 0.727 bits per heavy atom. The van der Waals surface area contributed by atoms with Crippen LogP contribution in [-0.2, 0) is 14.2 Å². The Morgan fingerprint density at radius 2 is 1.34 bits per heavy atom. The first-order valence-electron chi connectivity index (χ1n) is 13.1. The molecule has 0 saturated carbocycles. The second-order valence-corrected chi connectivity index (χ2v) is 10.4. The average Bonchev–Trinajstić information content (AvgIpc) is 2.97. The highest BCUT2D eigenvalue weighted by Gasteiger charge is 2.48. The van der Waals surface area contributed by atoms with E-state index in [1.165, 1.54) is 6.92 Å². The Bertz CT molecular complexity index is 1570. The van der Waals surface area contributed by atoms with Crippen LogP contribution in [0.1, 0.15) is 6.92 Å². The van der Waals surface area contributed by atoms with Crippen molar-refractivity contribution in [3.63, 3.8) is 0 Å². The first-order valence-corrected chi connectivity index (χ1v) is 13.1. The molecule has 0 amide bonds. The molecule has 2 aliphatic rings. The molecule has 0 bridgehead atoms. The van der Waals surface area contributed by atoms with Gasteiger partial charge in [0, 0.05) is 17.7 Å². The van der Waals surface area contributed by atoms with Gasteiger partial charge in [0.2, 0.25) is 17.5 Å². The van der Waals surface area contributed by atoms with E-state index in [0.717, 1.165) is 24.3 Å². The van der Waals surface area contributed by atoms with E-state index in [-0.39, 0.29) is 11.1 Å². The van der Waals surface area contributed by atoms with E-state index >= 15 is 0 Å². The minimum absolute atomic E-state index is 0.265. The number of hydrogen-bond donors (Lipinski definition) is 11. The SMILES string of the molecule is CC1O[C@@H](OCC2O[C@H](Oc3c(-c4cc(O)c(O)c(O)c4)oc4cc(O)cc(O)c4c3=O)[C@H](O)C(O)[C@@H]2O)[C@@H](O)C(O)[C@@H]1O. The molecular formula is C27H30O17. The van der Waals surface area contributed by atoms with E-state index in [0.29, 0.717) is 0 Å². The van der Waals surface area contributed by atoms with Crippen LogP contribution in [0.4, 0.5) is 0 Å². The van der Waals surface area contributed by atoms with Crippen LogP contribution in [0.5, 0.6) is 34.5 Å². The predicted molar refractivity (Wildman–Crippen MR) is 142 cm³/mol. The molecule has 2 aliphatic heterocycles. The molecule has 240 valence electrons. The molecule has 0 spiro atoms. The Hall–Kier alpha value is -3.91. The van der Waals surface area contributed by atoms with Crippen molar-refractivity contribution in [2.24, 2.45) is 0 Å². The van der Waals surface area contributed by atoms with Crippen LogP contribution in [0, 0.1) is 0 Å². The molecule has 2 aromatic carbocycles. The van der Waals surface area contributed by atoms with E-state index in [2.05, 4.69) is 0 Å². The third-order valence-corrected chi connectivity index (χ3v) is 7.39. The third kappa shape index (κ3) is 5.56. The molecule has 0 aliphatic carbocycles. The maximum absolute atomic E-state index is 13.6. The number of aliphatic hydroxyl groups excluding tert-OH is 6. The maximum atomic E-state index is 13.6. The van der Waals surface area contributed by atoms with Gasteiger partial charge in [-0.2, -0.15) is 0 Å². The van der Waals surface area contributed by atoms with Gasteiger partial charge in [0.25, 0.3) is 0 Å². The minimum Gasteiger partial charge on any atom is -0.508 e. The highest BCUT2D eigenvalue weighted by Crippen LogP contribution is 2.43. The summed E-state index contributed by atoms with van der Waals surface area (Å²) in [4.78, 5) is 13.6. The van der Waals surface area contributed by atoms with Gasteiger partial charge in [-0.15, -0.1) is 0 Å². The van der Waals surface area contributed by atoms with Crippen molar-refractivity contribution in [3.05, 3.63) is 34.5 Å². The smallest absolute Gasteiger partial charge is 0.239 e. The number of aromatic hydroxyl groups is 5. The van der Waals surface area contributed by atoms with Crippen molar-refractivity contribution < 1.29 is 79.5 Å². The zero-order valence-corrected chi connectivity index (χ0v) is 22.7. The van der Waals surface area contributed by atoms with E-state index in [9.17, 15) is 61.0 Å². The molecule has 4 unspecified atom stereocenters. The van der Waals surface area contributed by atoms with Crippen molar-refractivity contribution in [1.29, 1.82) is 0 Å². The van der Waals surface area contributed by atoms with Gasteiger partial charge in [0.05, 0.1) is 12.7 Å². The van der Waals surface area contributed by atoms with Crippen molar-refractivity contribution in [1.82, 2.24) is 0 Å². The summed E-state index contributed by atoms with van der Waals surface area (Å²) in [6.07, 6.45) is -16.5. The van der Waals surface area contributed by atoms with E-state index in [1.807, 2.05) is 0 Å². The topological polar surface area (TPSA) is 290 Å². The van der Waals surface area contributed by atoms with Crippen LogP contribution < -0.4 is 10.2 Å². The summed E-state index contributed by atoms with van der Waals surface area (Å²) in [5.41, 5.74) is -1.74. The van der Waals surface area contributed by atoms with Gasteiger partial charge in [-0.3, -0.25) is 4.79 Å². The average molecular weight is 627 g/mol. The number of ether oxygens (including phenoxy) is 4. The number of aliphatic hydroxyl groups is 6. The Morgan fingerprint density at radius 3 is 2.00 bits per heavy atom. The van der Waals surface area contributed by atoms with Crippen molar-refractivity contribution in [3.8, 4) is 45.8 Å². The third-order valence-electron chi connectivity index (χ3n) is 7.39. The van der Waals surface area contributed by atoms with Crippen LogP contribution in [0.15, 0.2) is 33.5 Å². The van der Waals surface area contributed by atoms with Gasteiger partial charge in [-0.25, -0.2) is 0 Å². The van der Waals surface area contributed by atoms with Gasteiger partial charge in [-0.1, -0.05) is 0 Å². The number of hydrogen-bond acceptors (Lipinski definition) is 17. The van der Waals surface area contributed by atoms with E-state index < -0.39 is 119 Å². The van der Waals surface area contributed by atoms with Gasteiger partial charge in [0.1, 0.15) is 65.2 Å². The van der Waals surface area contributed by atoms with Crippen LogP contribution in [0.25, 0.3) is 22.3 Å². The fraction of sp³-hybridized carbons (Fsp3) is 0.444. The second-order valence-electron chi connectivity index (χ2n) is 10.4. The molecule has 10 atom stereocenters. The Kier molecular flexibility index (Phi) is 8.51. The fourth-order valence-corrected chi connectivity index (χ4v) is 4.91. The summed E-state index contributed by atoms with van der Waals surface area (Å²) in [6.45, 7) is 0.770. The lowest BCUT2D eigenvalue weighted by molar-refractivity contribution is -0.318. The molecule has 2 fully saturated rings. The molecule has 44 heavy (non-hydrogen) atoms. The zero-order chi connectivity index (χ0) is 32.2. The Balaban J connectivity index is 1.50. The normalized spacial score (nSPS) is 32.5. The fourth-order valence-electron chi connectivity index (χ4n) is 4.91. The molecule has 0 radical (unpaired) electrons. The summed E-state index contributed by atoms with van der Waals surface area (Å²) in [5, 5.41) is 111. The van der Waals surface area contributed by atoms with Gasteiger partial charge < -0.3 is 79.5 Å². The molecule has 17 nitrogen and oxygen atoms in total. The highest BCUT2D eigenvalue weighted by molar-refractivity contribution is 5.88. The number of phenols is 5. The summed E-state index contributed by atoms with van der Waals surface area (Å²) >= 11 is 0. The summed E-state index contributed by atoms with van der Waals surface area (Å²) in [6, 6.07) is 3.56. The van der Waals surface area contributed by atoms with Crippen LogP contribution in [0.2, 0.25) is 0 Å². The van der Waals surface area contributed by atoms with Crippen LogP contribution in [0.3, 0.4) is 0 Å². The summed E-state index contributed by atoms with van der Waals surface area (Å²) in [7, 11) is 0. The second kappa shape index (κ2) is 11.9. The predicted octanol–water partition coefficient (Wildman–Crippen LogP) is -1.98. The van der Waals surface area contributed by atoms with E-state index in [1.54, 1.807) is 0 Å². The van der Waals surface area contributed by atoms with Crippen molar-refractivity contribution in [2.75, 3.05) is 6.61 Å². The van der Waals surface area contributed by atoms with Gasteiger partial charge >= 0.3 is 0 Å². The lowest BCUT2D eigenvalue weighted by Crippen LogP contribution is -2.61. The number of phenolic OH excluding ortho intramolecular Hbond substituents is 5. The number of fused-ring (bicyclic) bond motifs is 1. The minimum atomic E-state index is -2.02. The largest absolute Gasteiger partial charge is 0.508 e. The van der Waals surface area contributed by atoms with Gasteiger partial charge in [0.15, 0.2) is 29.3 Å². The van der Waals surface area contributed by atoms with Crippen LogP contribution >= 0.6 is 0 Å². The molecule has 11 N–H and O–H groups in total. The van der Waals surface area contributed by atoms with E-state index in [4.69, 9.17) is 23.4 Å². The Labute approximate surface area is 246 Å². The number of benzene rings is 2. The lowest BCUT2D eigenvalue weighted by Gasteiger charge is -2.42. The first kappa shape index (κ1) is 31.5. The van der Waals surface area contributed by atoms with Gasteiger partial charge in [-0.05, 0) is 19.1 Å². The standard InChI is InChI=1S/C27H30O17/c1-7-16(32)20(36)22(38)26(41-7)40-6-14-18(34)21(37)23(39)27(43-14)44-25-19(35)15-10(29)4-9(28)5-13(15)42-24(25)8-2-11(30)17(33)12(31)3-8/h2-5,7,14,16,18,20-23,26-34,36-39H,6H2,1H3/t7?,14?,16-,18-,20?,21?,22+,23-,26-,27-/m1/s1. The molecule has 3 aromatic rings. The molecule has 5 rings (SSSR count). The lowest BCUT2D eigenvalue weighted by atomic mass is 9.98. The van der Waals surface area contributed by atoms with Crippen molar-refractivity contribution >= 4 is 11.0 Å². The molecule has 1 aromatic heterocycles. The zero-order valence-electron chi connectivity index (χ0n) is 22.7. The summed E-state index contributed by atoms with van der Waals surface area (Å²) < 4.78 is 27.7. The molecule has 2 saturated heterocycles. The monoisotopic (exact) mass is 626 g/mol. The number of rotatable bonds is 6. The highest BCUT2D eigenvalue weighted by atomic mass is 16.7. The first-order chi connectivity index (χ1) is 20.7. The molecular weight excluding hydrogens is 596 g/mol. The molecule has 3 heterocycles. The van der Waals surface area contributed by atoms with Crippen molar-refractivity contribution in [2.45, 2.75) is 68.3 Å².